The molecule has 0 bridgehead atoms. The zero-order chi connectivity index (χ0) is 16.7. The highest BCUT2D eigenvalue weighted by atomic mass is 32.1. The van der Waals surface area contributed by atoms with Crippen molar-refractivity contribution in [3.8, 4) is 0 Å². The molecule has 3 amide bonds. The Morgan fingerprint density at radius 2 is 1.83 bits per heavy atom. The zero-order valence-corrected chi connectivity index (χ0v) is 14.0. The number of amides is 3. The molecule has 0 fully saturated rings. The number of thiophene rings is 1. The molecule has 0 aliphatic rings. The summed E-state index contributed by atoms with van der Waals surface area (Å²) in [5, 5.41) is 10.3. The molecular formula is C17H21N3O2S. The van der Waals surface area contributed by atoms with Crippen molar-refractivity contribution in [1.82, 2.24) is 10.6 Å². The van der Waals surface area contributed by atoms with Gasteiger partial charge in [-0.25, -0.2) is 4.79 Å². The second kappa shape index (κ2) is 8.33. The molecule has 0 aliphatic carbocycles. The lowest BCUT2D eigenvalue weighted by atomic mass is 10.0. The maximum atomic E-state index is 12.3. The van der Waals surface area contributed by atoms with E-state index >= 15 is 0 Å². The van der Waals surface area contributed by atoms with Crippen LogP contribution >= 0.6 is 11.3 Å². The number of carbonyl (C=O) groups is 2. The van der Waals surface area contributed by atoms with E-state index in [2.05, 4.69) is 16.0 Å². The second-order valence-electron chi connectivity index (χ2n) is 5.48. The predicted molar refractivity (Wildman–Crippen MR) is 93.4 cm³/mol. The third kappa shape index (κ3) is 5.41. The highest BCUT2D eigenvalue weighted by molar-refractivity contribution is 7.09. The quantitative estimate of drug-likeness (QED) is 0.761. The first-order valence-corrected chi connectivity index (χ1v) is 8.37. The van der Waals surface area contributed by atoms with E-state index in [0.29, 0.717) is 12.2 Å². The third-order valence-electron chi connectivity index (χ3n) is 3.28. The molecule has 2 rings (SSSR count). The largest absolute Gasteiger partial charge is 0.349 e. The molecule has 1 atom stereocenters. The van der Waals surface area contributed by atoms with Crippen LogP contribution in [0.15, 0.2) is 47.8 Å². The van der Waals surface area contributed by atoms with Crippen molar-refractivity contribution in [2.45, 2.75) is 26.4 Å². The molecule has 1 unspecified atom stereocenters. The van der Waals surface area contributed by atoms with Crippen LogP contribution in [0.1, 0.15) is 18.7 Å². The molecule has 1 aromatic carbocycles. The van der Waals surface area contributed by atoms with Crippen LogP contribution in [-0.2, 0) is 11.3 Å². The summed E-state index contributed by atoms with van der Waals surface area (Å²) in [5.74, 6) is -0.198. The molecule has 5 nitrogen and oxygen atoms in total. The van der Waals surface area contributed by atoms with Crippen LogP contribution in [0.2, 0.25) is 0 Å². The Labute approximate surface area is 140 Å². The summed E-state index contributed by atoms with van der Waals surface area (Å²) in [4.78, 5) is 25.5. The average Bonchev–Trinajstić information content (AvgIpc) is 3.04. The van der Waals surface area contributed by atoms with Gasteiger partial charge in [-0.05, 0) is 29.5 Å². The van der Waals surface area contributed by atoms with E-state index < -0.39 is 6.04 Å². The van der Waals surface area contributed by atoms with Gasteiger partial charge in [-0.15, -0.1) is 11.3 Å². The Kier molecular flexibility index (Phi) is 6.17. The van der Waals surface area contributed by atoms with Gasteiger partial charge in [-0.1, -0.05) is 38.1 Å². The summed E-state index contributed by atoms with van der Waals surface area (Å²) in [7, 11) is 0. The van der Waals surface area contributed by atoms with Gasteiger partial charge in [0.05, 0.1) is 6.54 Å². The highest BCUT2D eigenvalue weighted by Gasteiger charge is 2.24. The van der Waals surface area contributed by atoms with E-state index in [9.17, 15) is 9.59 Å². The number of hydrogen-bond acceptors (Lipinski definition) is 3. The van der Waals surface area contributed by atoms with Crippen molar-refractivity contribution in [2.75, 3.05) is 5.32 Å². The number of nitrogens with one attached hydrogen (secondary N) is 3. The van der Waals surface area contributed by atoms with Crippen LogP contribution in [0.3, 0.4) is 0 Å². The monoisotopic (exact) mass is 331 g/mol. The van der Waals surface area contributed by atoms with E-state index in [0.717, 1.165) is 4.88 Å². The van der Waals surface area contributed by atoms with Gasteiger partial charge < -0.3 is 16.0 Å². The summed E-state index contributed by atoms with van der Waals surface area (Å²) in [6, 6.07) is 12.1. The van der Waals surface area contributed by atoms with Gasteiger partial charge in [0.1, 0.15) is 6.04 Å². The van der Waals surface area contributed by atoms with E-state index in [-0.39, 0.29) is 17.9 Å². The van der Waals surface area contributed by atoms with Crippen LogP contribution in [0.25, 0.3) is 0 Å². The number of hydrogen-bond donors (Lipinski definition) is 3. The van der Waals surface area contributed by atoms with Crippen LogP contribution < -0.4 is 16.0 Å². The molecule has 1 heterocycles. The Morgan fingerprint density at radius 3 is 2.43 bits per heavy atom. The summed E-state index contributed by atoms with van der Waals surface area (Å²) in [5.41, 5.74) is 0.687. The predicted octanol–water partition coefficient (Wildman–Crippen LogP) is 3.21. The molecule has 0 radical (unpaired) electrons. The number of para-hydroxylation sites is 1. The van der Waals surface area contributed by atoms with E-state index in [1.807, 2.05) is 49.6 Å². The lowest BCUT2D eigenvalue weighted by Gasteiger charge is -2.21. The Bertz CT molecular complexity index is 627. The maximum absolute atomic E-state index is 12.3. The Hall–Kier alpha value is -2.34. The van der Waals surface area contributed by atoms with Gasteiger partial charge in [-0.3, -0.25) is 4.79 Å². The summed E-state index contributed by atoms with van der Waals surface area (Å²) in [6.45, 7) is 4.28. The molecule has 6 heteroatoms. The van der Waals surface area contributed by atoms with Gasteiger partial charge in [0, 0.05) is 10.6 Å². The first-order chi connectivity index (χ1) is 11.1. The smallest absolute Gasteiger partial charge is 0.319 e. The van der Waals surface area contributed by atoms with Crippen LogP contribution in [0.5, 0.6) is 0 Å². The molecule has 23 heavy (non-hydrogen) atoms. The minimum atomic E-state index is -0.585. The zero-order valence-electron chi connectivity index (χ0n) is 13.2. The molecule has 3 N–H and O–H groups in total. The molecule has 0 spiro atoms. The maximum Gasteiger partial charge on any atom is 0.319 e. The number of anilines is 1. The van der Waals surface area contributed by atoms with Gasteiger partial charge in [0.2, 0.25) is 5.91 Å². The molecular weight excluding hydrogens is 310 g/mol. The SMILES string of the molecule is CC(C)C(NC(=O)Nc1ccccc1)C(=O)NCc1cccs1. The number of rotatable bonds is 6. The van der Waals surface area contributed by atoms with Crippen molar-refractivity contribution in [1.29, 1.82) is 0 Å². The van der Waals surface area contributed by atoms with E-state index in [1.165, 1.54) is 0 Å². The van der Waals surface area contributed by atoms with Crippen molar-refractivity contribution in [3.63, 3.8) is 0 Å². The van der Waals surface area contributed by atoms with Crippen molar-refractivity contribution >= 4 is 29.0 Å². The van der Waals surface area contributed by atoms with E-state index in [1.54, 1.807) is 23.5 Å². The first kappa shape index (κ1) is 17.0. The molecule has 2 aromatic rings. The fraction of sp³-hybridized carbons (Fsp3) is 0.294. The number of carbonyl (C=O) groups excluding carboxylic acids is 2. The average molecular weight is 331 g/mol. The fourth-order valence-electron chi connectivity index (χ4n) is 2.06. The fourth-order valence-corrected chi connectivity index (χ4v) is 2.71. The summed E-state index contributed by atoms with van der Waals surface area (Å²) >= 11 is 1.59. The number of urea groups is 1. The molecule has 1 aromatic heterocycles. The standard InChI is InChI=1S/C17H21N3O2S/c1-12(2)15(16(21)18-11-14-9-6-10-23-14)20-17(22)19-13-7-4-3-5-8-13/h3-10,12,15H,11H2,1-2H3,(H,18,21)(H2,19,20,22). The van der Waals surface area contributed by atoms with Gasteiger partial charge in [-0.2, -0.15) is 0 Å². The lowest BCUT2D eigenvalue weighted by molar-refractivity contribution is -0.124. The van der Waals surface area contributed by atoms with Crippen molar-refractivity contribution in [3.05, 3.63) is 52.7 Å². The first-order valence-electron chi connectivity index (χ1n) is 7.49. The summed E-state index contributed by atoms with van der Waals surface area (Å²) < 4.78 is 0. The Morgan fingerprint density at radius 1 is 1.09 bits per heavy atom. The minimum absolute atomic E-state index is 0.0140. The van der Waals surface area contributed by atoms with Crippen LogP contribution in [0, 0.1) is 5.92 Å². The molecule has 0 saturated carbocycles. The lowest BCUT2D eigenvalue weighted by Crippen LogP contribution is -2.50. The number of benzene rings is 1. The second-order valence-corrected chi connectivity index (χ2v) is 6.52. The van der Waals surface area contributed by atoms with Gasteiger partial charge in [0.25, 0.3) is 0 Å². The molecule has 0 aliphatic heterocycles. The minimum Gasteiger partial charge on any atom is -0.349 e. The summed E-state index contributed by atoms with van der Waals surface area (Å²) in [6.07, 6.45) is 0. The third-order valence-corrected chi connectivity index (χ3v) is 4.16. The van der Waals surface area contributed by atoms with Crippen molar-refractivity contribution < 1.29 is 9.59 Å². The topological polar surface area (TPSA) is 70.2 Å². The van der Waals surface area contributed by atoms with Gasteiger partial charge in [0.15, 0.2) is 0 Å². The van der Waals surface area contributed by atoms with E-state index in [4.69, 9.17) is 0 Å². The van der Waals surface area contributed by atoms with Crippen LogP contribution in [0.4, 0.5) is 10.5 Å². The van der Waals surface area contributed by atoms with Crippen molar-refractivity contribution in [2.24, 2.45) is 5.92 Å². The normalized spacial score (nSPS) is 11.8. The van der Waals surface area contributed by atoms with Crippen LogP contribution in [-0.4, -0.2) is 18.0 Å². The molecule has 0 saturated heterocycles. The van der Waals surface area contributed by atoms with Gasteiger partial charge >= 0.3 is 6.03 Å². The highest BCUT2D eigenvalue weighted by Crippen LogP contribution is 2.09. The molecule has 122 valence electrons. The Balaban J connectivity index is 1.89.